The first-order valence-electron chi connectivity index (χ1n) is 4.55. The van der Waals surface area contributed by atoms with Gasteiger partial charge in [-0.15, -0.1) is 0 Å². The Morgan fingerprint density at radius 2 is 1.93 bits per heavy atom. The second kappa shape index (κ2) is 4.42. The van der Waals surface area contributed by atoms with Gasteiger partial charge in [0.2, 0.25) is 0 Å². The Morgan fingerprint density at radius 3 is 2.43 bits per heavy atom. The van der Waals surface area contributed by atoms with E-state index < -0.39 is 8.07 Å². The number of hydrogen-bond acceptors (Lipinski definition) is 1. The van der Waals surface area contributed by atoms with E-state index in [1.165, 1.54) is 23.6 Å². The zero-order valence-corrected chi connectivity index (χ0v) is 9.59. The van der Waals surface area contributed by atoms with Crippen molar-refractivity contribution in [1.82, 2.24) is 0 Å². The van der Waals surface area contributed by atoms with Crippen LogP contribution in [-0.2, 0) is 4.74 Å². The predicted molar refractivity (Wildman–Crippen MR) is 59.7 cm³/mol. The summed E-state index contributed by atoms with van der Waals surface area (Å²) in [5.41, 5.74) is 0. The molecule has 1 nitrogen and oxygen atoms in total. The Bertz CT molecular complexity index is 306. The Morgan fingerprint density at radius 1 is 1.36 bits per heavy atom. The van der Waals surface area contributed by atoms with Crippen molar-refractivity contribution in [2.24, 2.45) is 0 Å². The summed E-state index contributed by atoms with van der Waals surface area (Å²) in [6, 6.07) is 6.68. The molecule has 0 N–H and O–H groups in total. The van der Waals surface area contributed by atoms with E-state index >= 15 is 0 Å². The van der Waals surface area contributed by atoms with Crippen LogP contribution < -0.4 is 5.19 Å². The fraction of sp³-hybridized carbons (Fsp3) is 0.273. The van der Waals surface area contributed by atoms with Gasteiger partial charge in [0, 0.05) is 0 Å². The number of halogens is 1. The third kappa shape index (κ3) is 2.70. The van der Waals surface area contributed by atoms with E-state index in [2.05, 4.69) is 19.7 Å². The van der Waals surface area contributed by atoms with Crippen LogP contribution in [0.5, 0.6) is 0 Å². The van der Waals surface area contributed by atoms with Crippen LogP contribution in [0.25, 0.3) is 0 Å². The highest BCUT2D eigenvalue weighted by molar-refractivity contribution is 6.89. The molecule has 0 atom stereocenters. The number of ether oxygens (including phenoxy) is 1. The van der Waals surface area contributed by atoms with Crippen molar-refractivity contribution >= 4 is 13.3 Å². The van der Waals surface area contributed by atoms with Crippen LogP contribution in [0, 0.1) is 5.82 Å². The molecule has 0 fully saturated rings. The van der Waals surface area contributed by atoms with E-state index in [1.54, 1.807) is 0 Å². The fourth-order valence-corrected chi connectivity index (χ4v) is 3.02. The topological polar surface area (TPSA) is 9.23 Å². The molecule has 0 saturated heterocycles. The second-order valence-corrected chi connectivity index (χ2v) is 8.50. The summed E-state index contributed by atoms with van der Waals surface area (Å²) in [5, 5.41) is 1.20. The van der Waals surface area contributed by atoms with Crippen LogP contribution in [0.2, 0.25) is 13.1 Å². The third-order valence-electron chi connectivity index (χ3n) is 2.19. The molecule has 0 aliphatic carbocycles. The minimum atomic E-state index is -1.58. The standard InChI is InChI=1S/C11H15FOSi/c1-4-13-9-14(2,3)11-7-5-10(12)6-8-11/h4-8H,1,9H2,2-3H3. The van der Waals surface area contributed by atoms with E-state index in [-0.39, 0.29) is 5.82 Å². The molecule has 1 rings (SSSR count). The molecule has 0 unspecified atom stereocenters. The van der Waals surface area contributed by atoms with Gasteiger partial charge in [-0.2, -0.15) is 0 Å². The largest absolute Gasteiger partial charge is 0.505 e. The van der Waals surface area contributed by atoms with Crippen LogP contribution in [0.15, 0.2) is 37.1 Å². The van der Waals surface area contributed by atoms with E-state index in [1.807, 2.05) is 12.1 Å². The lowest BCUT2D eigenvalue weighted by Gasteiger charge is -2.21. The van der Waals surface area contributed by atoms with E-state index in [4.69, 9.17) is 4.74 Å². The zero-order chi connectivity index (χ0) is 10.6. The summed E-state index contributed by atoms with van der Waals surface area (Å²) in [7, 11) is -1.58. The maximum absolute atomic E-state index is 12.7. The normalized spacial score (nSPS) is 11.1. The van der Waals surface area contributed by atoms with Gasteiger partial charge >= 0.3 is 0 Å². The van der Waals surface area contributed by atoms with Crippen molar-refractivity contribution in [2.45, 2.75) is 13.1 Å². The third-order valence-corrected chi connectivity index (χ3v) is 4.97. The van der Waals surface area contributed by atoms with Crippen molar-refractivity contribution < 1.29 is 9.13 Å². The van der Waals surface area contributed by atoms with Crippen LogP contribution in [0.3, 0.4) is 0 Å². The van der Waals surface area contributed by atoms with Crippen molar-refractivity contribution in [3.63, 3.8) is 0 Å². The van der Waals surface area contributed by atoms with Gasteiger partial charge in [0.15, 0.2) is 0 Å². The number of hydrogen-bond donors (Lipinski definition) is 0. The van der Waals surface area contributed by atoms with Crippen molar-refractivity contribution in [2.75, 3.05) is 6.23 Å². The number of rotatable bonds is 4. The molecule has 0 saturated carbocycles. The van der Waals surface area contributed by atoms with Crippen molar-refractivity contribution in [1.29, 1.82) is 0 Å². The Labute approximate surface area is 85.2 Å². The molecule has 0 spiro atoms. The summed E-state index contributed by atoms with van der Waals surface area (Å²) in [5.74, 6) is -0.191. The van der Waals surface area contributed by atoms with Gasteiger partial charge in [0.25, 0.3) is 0 Å². The first kappa shape index (κ1) is 11.0. The lowest BCUT2D eigenvalue weighted by atomic mass is 10.3. The highest BCUT2D eigenvalue weighted by Crippen LogP contribution is 2.05. The monoisotopic (exact) mass is 210 g/mol. The summed E-state index contributed by atoms with van der Waals surface area (Å²) in [6.07, 6.45) is 2.14. The van der Waals surface area contributed by atoms with Crippen LogP contribution >= 0.6 is 0 Å². The molecule has 1 aromatic carbocycles. The molecule has 14 heavy (non-hydrogen) atoms. The van der Waals surface area contributed by atoms with Gasteiger partial charge in [0.1, 0.15) is 13.9 Å². The molecular weight excluding hydrogens is 195 g/mol. The van der Waals surface area contributed by atoms with Gasteiger partial charge < -0.3 is 4.74 Å². The Kier molecular flexibility index (Phi) is 3.47. The number of benzene rings is 1. The van der Waals surface area contributed by atoms with E-state index in [0.29, 0.717) is 6.23 Å². The quantitative estimate of drug-likeness (QED) is 0.548. The van der Waals surface area contributed by atoms with E-state index in [0.717, 1.165) is 0 Å². The summed E-state index contributed by atoms with van der Waals surface area (Å²) in [4.78, 5) is 0. The van der Waals surface area contributed by atoms with Gasteiger partial charge in [0.05, 0.1) is 12.5 Å². The summed E-state index contributed by atoms with van der Waals surface area (Å²) >= 11 is 0. The molecular formula is C11H15FOSi. The average molecular weight is 210 g/mol. The lowest BCUT2D eigenvalue weighted by molar-refractivity contribution is 0.306. The van der Waals surface area contributed by atoms with Crippen molar-refractivity contribution in [3.05, 3.63) is 42.9 Å². The minimum absolute atomic E-state index is 0.191. The minimum Gasteiger partial charge on any atom is -0.505 e. The first-order chi connectivity index (χ1) is 6.56. The molecule has 0 bridgehead atoms. The predicted octanol–water partition coefficient (Wildman–Crippen LogP) is 2.44. The average Bonchev–Trinajstić information content (AvgIpc) is 2.16. The van der Waals surface area contributed by atoms with Gasteiger partial charge in [-0.3, -0.25) is 0 Å². The van der Waals surface area contributed by atoms with Crippen LogP contribution in [-0.4, -0.2) is 14.3 Å². The highest BCUT2D eigenvalue weighted by atomic mass is 28.3. The smallest absolute Gasteiger partial charge is 0.124 e. The van der Waals surface area contributed by atoms with Gasteiger partial charge in [-0.25, -0.2) is 4.39 Å². The molecule has 0 aliphatic rings. The van der Waals surface area contributed by atoms with Crippen LogP contribution in [0.4, 0.5) is 4.39 Å². The van der Waals surface area contributed by atoms with Crippen LogP contribution in [0.1, 0.15) is 0 Å². The summed E-state index contributed by atoms with van der Waals surface area (Å²) < 4.78 is 17.9. The van der Waals surface area contributed by atoms with E-state index in [9.17, 15) is 4.39 Å². The molecule has 76 valence electrons. The SMILES string of the molecule is C=COC[Si](C)(C)c1ccc(F)cc1. The van der Waals surface area contributed by atoms with Gasteiger partial charge in [-0.05, 0) is 12.1 Å². The molecule has 0 amide bonds. The van der Waals surface area contributed by atoms with Gasteiger partial charge in [-0.1, -0.05) is 37.0 Å². The maximum Gasteiger partial charge on any atom is 0.124 e. The Balaban J connectivity index is 2.80. The lowest BCUT2D eigenvalue weighted by Crippen LogP contribution is -2.45. The second-order valence-electron chi connectivity index (χ2n) is 3.87. The highest BCUT2D eigenvalue weighted by Gasteiger charge is 2.23. The fourth-order valence-electron chi connectivity index (χ4n) is 1.25. The molecule has 1 aromatic rings. The summed E-state index contributed by atoms with van der Waals surface area (Å²) in [6.45, 7) is 7.88. The molecule has 0 radical (unpaired) electrons. The molecule has 0 heterocycles. The maximum atomic E-state index is 12.7. The zero-order valence-electron chi connectivity index (χ0n) is 8.59. The molecule has 3 heteroatoms. The molecule has 0 aliphatic heterocycles. The van der Waals surface area contributed by atoms with Crippen molar-refractivity contribution in [3.8, 4) is 0 Å². The Hall–Kier alpha value is -1.09. The molecule has 0 aromatic heterocycles. The first-order valence-corrected chi connectivity index (χ1v) is 7.75.